The minimum absolute atomic E-state index is 0.700. The largest absolute Gasteiger partial charge is 0.314 e. The third kappa shape index (κ3) is 6.49. The van der Waals surface area contributed by atoms with Crippen LogP contribution < -0.4 is 10.6 Å². The minimum Gasteiger partial charge on any atom is -0.314 e. The Bertz CT molecular complexity index is 368. The standard InChI is InChI=1S/C17H29N3/c1-14(2)11-18-12-15-6-7-16(20-13-15)5-3-4-10-19-17-8-9-17/h6-7,13-14,17-19H,3-5,8-12H2,1-2H3. The van der Waals surface area contributed by atoms with E-state index in [2.05, 4.69) is 41.6 Å². The van der Waals surface area contributed by atoms with Crippen molar-refractivity contribution in [3.63, 3.8) is 0 Å². The van der Waals surface area contributed by atoms with Crippen LogP contribution in [0.5, 0.6) is 0 Å². The molecule has 2 rings (SSSR count). The maximum atomic E-state index is 4.56. The van der Waals surface area contributed by atoms with Gasteiger partial charge in [-0.3, -0.25) is 4.98 Å². The van der Waals surface area contributed by atoms with E-state index >= 15 is 0 Å². The van der Waals surface area contributed by atoms with Crippen molar-refractivity contribution in [2.75, 3.05) is 13.1 Å². The fourth-order valence-corrected chi connectivity index (χ4v) is 2.24. The average Bonchev–Trinajstić information content (AvgIpc) is 3.24. The lowest BCUT2D eigenvalue weighted by Crippen LogP contribution is -2.19. The van der Waals surface area contributed by atoms with Gasteiger partial charge in [0.05, 0.1) is 0 Å². The lowest BCUT2D eigenvalue weighted by atomic mass is 10.1. The molecule has 1 fully saturated rings. The molecule has 1 aliphatic carbocycles. The first kappa shape index (κ1) is 15.5. The molecule has 1 aromatic heterocycles. The fourth-order valence-electron chi connectivity index (χ4n) is 2.24. The summed E-state index contributed by atoms with van der Waals surface area (Å²) in [7, 11) is 0. The van der Waals surface area contributed by atoms with E-state index in [1.807, 2.05) is 6.20 Å². The van der Waals surface area contributed by atoms with Crippen molar-refractivity contribution in [2.24, 2.45) is 5.92 Å². The van der Waals surface area contributed by atoms with E-state index in [1.54, 1.807) is 0 Å². The Morgan fingerprint density at radius 1 is 1.25 bits per heavy atom. The summed E-state index contributed by atoms with van der Waals surface area (Å²) in [5.41, 5.74) is 2.51. The normalized spacial score (nSPS) is 14.9. The number of nitrogens with one attached hydrogen (secondary N) is 2. The van der Waals surface area contributed by atoms with Crippen LogP contribution >= 0.6 is 0 Å². The monoisotopic (exact) mass is 275 g/mol. The average molecular weight is 275 g/mol. The van der Waals surface area contributed by atoms with Gasteiger partial charge in [-0.05, 0) is 62.7 Å². The van der Waals surface area contributed by atoms with Gasteiger partial charge in [0.2, 0.25) is 0 Å². The van der Waals surface area contributed by atoms with Gasteiger partial charge in [-0.1, -0.05) is 19.9 Å². The first-order valence-corrected chi connectivity index (χ1v) is 8.12. The number of pyridine rings is 1. The molecule has 0 aliphatic heterocycles. The minimum atomic E-state index is 0.700. The first-order chi connectivity index (χ1) is 9.74. The fraction of sp³-hybridized carbons (Fsp3) is 0.706. The van der Waals surface area contributed by atoms with Crippen LogP contribution in [-0.2, 0) is 13.0 Å². The summed E-state index contributed by atoms with van der Waals surface area (Å²) in [6, 6.07) is 5.23. The van der Waals surface area contributed by atoms with E-state index in [9.17, 15) is 0 Å². The zero-order valence-corrected chi connectivity index (χ0v) is 13.0. The van der Waals surface area contributed by atoms with E-state index in [0.29, 0.717) is 5.92 Å². The van der Waals surface area contributed by atoms with Crippen LogP contribution in [0.1, 0.15) is 50.8 Å². The Labute approximate surface area is 123 Å². The molecule has 1 aromatic rings. The van der Waals surface area contributed by atoms with E-state index in [1.165, 1.54) is 43.5 Å². The highest BCUT2D eigenvalue weighted by Gasteiger charge is 2.19. The Balaban J connectivity index is 1.57. The number of aryl methyl sites for hydroxylation is 1. The second-order valence-electron chi connectivity index (χ2n) is 6.37. The number of aromatic nitrogens is 1. The Morgan fingerprint density at radius 2 is 2.10 bits per heavy atom. The van der Waals surface area contributed by atoms with Gasteiger partial charge < -0.3 is 10.6 Å². The summed E-state index contributed by atoms with van der Waals surface area (Å²) >= 11 is 0. The van der Waals surface area contributed by atoms with Crippen LogP contribution in [0.15, 0.2) is 18.3 Å². The quantitative estimate of drug-likeness (QED) is 0.645. The van der Waals surface area contributed by atoms with E-state index < -0.39 is 0 Å². The van der Waals surface area contributed by atoms with Crippen LogP contribution in [0.25, 0.3) is 0 Å². The Hall–Kier alpha value is -0.930. The number of unbranched alkanes of at least 4 members (excludes halogenated alkanes) is 1. The van der Waals surface area contributed by atoms with Gasteiger partial charge in [-0.2, -0.15) is 0 Å². The van der Waals surface area contributed by atoms with Crippen LogP contribution in [-0.4, -0.2) is 24.1 Å². The molecular formula is C17H29N3. The maximum Gasteiger partial charge on any atom is 0.0403 e. The summed E-state index contributed by atoms with van der Waals surface area (Å²) in [6.45, 7) is 7.62. The molecule has 1 saturated carbocycles. The first-order valence-electron chi connectivity index (χ1n) is 8.12. The molecule has 0 atom stereocenters. The highest BCUT2D eigenvalue weighted by Crippen LogP contribution is 2.18. The summed E-state index contributed by atoms with van der Waals surface area (Å²) in [5.74, 6) is 0.700. The van der Waals surface area contributed by atoms with Gasteiger partial charge in [0.15, 0.2) is 0 Å². The van der Waals surface area contributed by atoms with Gasteiger partial charge in [-0.15, -0.1) is 0 Å². The molecule has 1 heterocycles. The van der Waals surface area contributed by atoms with Crippen molar-refractivity contribution >= 4 is 0 Å². The van der Waals surface area contributed by atoms with Crippen molar-refractivity contribution < 1.29 is 0 Å². The molecule has 112 valence electrons. The predicted molar refractivity (Wildman–Crippen MR) is 84.7 cm³/mol. The SMILES string of the molecule is CC(C)CNCc1ccc(CCCCNC2CC2)nc1. The number of hydrogen-bond donors (Lipinski definition) is 2. The predicted octanol–water partition coefficient (Wildman–Crippen LogP) is 2.90. The number of rotatable bonds is 10. The lowest BCUT2D eigenvalue weighted by molar-refractivity contribution is 0.551. The molecule has 3 nitrogen and oxygen atoms in total. The third-order valence-corrected chi connectivity index (χ3v) is 3.64. The molecular weight excluding hydrogens is 246 g/mol. The van der Waals surface area contributed by atoms with Crippen molar-refractivity contribution in [3.8, 4) is 0 Å². The highest BCUT2D eigenvalue weighted by molar-refractivity contribution is 5.14. The van der Waals surface area contributed by atoms with Crippen molar-refractivity contribution in [2.45, 2.75) is 58.5 Å². The molecule has 0 unspecified atom stereocenters. The van der Waals surface area contributed by atoms with E-state index in [0.717, 1.165) is 25.6 Å². The molecule has 0 bridgehead atoms. The molecule has 0 amide bonds. The zero-order chi connectivity index (χ0) is 14.2. The van der Waals surface area contributed by atoms with Crippen LogP contribution in [0, 0.1) is 5.92 Å². The topological polar surface area (TPSA) is 37.0 Å². The highest BCUT2D eigenvalue weighted by atomic mass is 14.9. The molecule has 0 spiro atoms. The zero-order valence-electron chi connectivity index (χ0n) is 13.0. The van der Waals surface area contributed by atoms with Gasteiger partial charge in [0.1, 0.15) is 0 Å². The molecule has 1 aliphatic rings. The summed E-state index contributed by atoms with van der Waals surface area (Å²) in [5, 5.41) is 7.00. The van der Waals surface area contributed by atoms with E-state index in [-0.39, 0.29) is 0 Å². The maximum absolute atomic E-state index is 4.56. The van der Waals surface area contributed by atoms with Gasteiger partial charge in [0, 0.05) is 24.5 Å². The van der Waals surface area contributed by atoms with Crippen LogP contribution in [0.4, 0.5) is 0 Å². The van der Waals surface area contributed by atoms with Crippen molar-refractivity contribution in [1.29, 1.82) is 0 Å². The molecule has 0 saturated heterocycles. The lowest BCUT2D eigenvalue weighted by Gasteiger charge is -2.08. The molecule has 0 aromatic carbocycles. The molecule has 20 heavy (non-hydrogen) atoms. The van der Waals surface area contributed by atoms with Crippen molar-refractivity contribution in [1.82, 2.24) is 15.6 Å². The summed E-state index contributed by atoms with van der Waals surface area (Å²) in [4.78, 5) is 4.56. The van der Waals surface area contributed by atoms with E-state index in [4.69, 9.17) is 0 Å². The second kappa shape index (κ2) is 8.38. The molecule has 2 N–H and O–H groups in total. The Kier molecular flexibility index (Phi) is 6.48. The smallest absolute Gasteiger partial charge is 0.0403 e. The number of nitrogens with zero attached hydrogens (tertiary/aromatic N) is 1. The second-order valence-corrected chi connectivity index (χ2v) is 6.37. The summed E-state index contributed by atoms with van der Waals surface area (Å²) < 4.78 is 0. The molecule has 3 heteroatoms. The van der Waals surface area contributed by atoms with Gasteiger partial charge in [-0.25, -0.2) is 0 Å². The third-order valence-electron chi connectivity index (χ3n) is 3.64. The van der Waals surface area contributed by atoms with Crippen LogP contribution in [0.2, 0.25) is 0 Å². The van der Waals surface area contributed by atoms with Gasteiger partial charge in [0.25, 0.3) is 0 Å². The number of hydrogen-bond acceptors (Lipinski definition) is 3. The van der Waals surface area contributed by atoms with Gasteiger partial charge >= 0.3 is 0 Å². The van der Waals surface area contributed by atoms with Crippen LogP contribution in [0.3, 0.4) is 0 Å². The molecule has 0 radical (unpaired) electrons. The Morgan fingerprint density at radius 3 is 2.75 bits per heavy atom. The summed E-state index contributed by atoms with van der Waals surface area (Å²) in [6.07, 6.45) is 8.38. The van der Waals surface area contributed by atoms with Crippen molar-refractivity contribution in [3.05, 3.63) is 29.6 Å².